The van der Waals surface area contributed by atoms with E-state index in [0.717, 1.165) is 114 Å². The predicted octanol–water partition coefficient (Wildman–Crippen LogP) is 8.50. The summed E-state index contributed by atoms with van der Waals surface area (Å²) < 4.78 is 17.9. The molecule has 28 heteroatoms. The zero-order valence-corrected chi connectivity index (χ0v) is 61.7. The molecule has 11 atom stereocenters. The molecule has 6 heterocycles. The lowest BCUT2D eigenvalue weighted by Crippen LogP contribution is -2.62. The van der Waals surface area contributed by atoms with Crippen molar-refractivity contribution in [1.82, 2.24) is 61.6 Å². The van der Waals surface area contributed by atoms with Gasteiger partial charge in [0.1, 0.15) is 70.8 Å². The molecule has 0 unspecified atom stereocenters. The number of nitrogens with one attached hydrogen (secondary N) is 7. The summed E-state index contributed by atoms with van der Waals surface area (Å²) in [5.41, 5.74) is -0.244. The van der Waals surface area contributed by atoms with Crippen LogP contribution in [0, 0.1) is 29.1 Å². The van der Waals surface area contributed by atoms with Gasteiger partial charge in [-0.05, 0) is 145 Å². The third-order valence-corrected chi connectivity index (χ3v) is 22.4. The van der Waals surface area contributed by atoms with E-state index in [-0.39, 0.29) is 72.8 Å². The van der Waals surface area contributed by atoms with Gasteiger partial charge in [-0.1, -0.05) is 84.8 Å². The molecule has 4 aromatic rings. The summed E-state index contributed by atoms with van der Waals surface area (Å²) in [7, 11) is 1.58. The fourth-order valence-corrected chi connectivity index (χ4v) is 16.6. The Morgan fingerprint density at radius 1 is 0.817 bits per heavy atom. The van der Waals surface area contributed by atoms with Gasteiger partial charge in [-0.25, -0.2) is 24.5 Å². The van der Waals surface area contributed by atoms with Crippen LogP contribution >= 0.6 is 11.3 Å². The van der Waals surface area contributed by atoms with Crippen LogP contribution in [-0.4, -0.2) is 180 Å². The minimum Gasteiger partial charge on any atom is -0.497 e. The first kappa shape index (κ1) is 76.3. The minimum absolute atomic E-state index is 0.0132. The summed E-state index contributed by atoms with van der Waals surface area (Å²) in [6.07, 6.45) is 23.6. The number of carbonyl (C=O) groups is 10. The molecule has 0 bridgehead atoms. The second kappa shape index (κ2) is 34.0. The highest BCUT2D eigenvalue weighted by molar-refractivity contribution is 7.14. The molecule has 3 aromatic heterocycles. The standard InChI is InChI=1S/C40H50N6O8S.C36H53N7O6/c1-23(2)41-38-43-32(22-55-38)31-19-34(28-16-15-26(52-3)17-30(28)42-31)53-27-18-33-35(47)45-40(37(49)50)20-24(40)11-7-5-4-6-8-14-29(36(48)46(33)21-27)44-39(51)54-25-12-9-10-13-25;1-5-10-25(29(44)34(48)39-23-15-16-23)40-33(47)28-24-14-9-13-22(24)20-43(28)35(49)30(36(2,3)4)42-32(46)27(21-11-7-6-8-12-21)41-31(45)26-19-37-17-18-38-26/h7,11,15-17,19,22-25,27,29,33H,4-6,8-10,12-14,18,20-21H2,1-3H3,(H,41,43)(H,44,51)(H,45,47)(H,49,50);17-19,21-25,27-28,30H,5-16,20H2,1-4H3,(H,39,48)(H,40,47)(H,41,45)(H,42,46)/b11-7-;/t24-,27-,29+,33+,40-;22-,24-,25-,27-,28-,30+/m10/s1. The zero-order valence-electron chi connectivity index (χ0n) is 60.9. The number of carboxylic acids is 1. The van der Waals surface area contributed by atoms with Gasteiger partial charge in [0.05, 0.1) is 37.1 Å². The van der Waals surface area contributed by atoms with Crippen molar-refractivity contribution < 1.29 is 67.3 Å². The van der Waals surface area contributed by atoms with Crippen LogP contribution in [-0.2, 0) is 43.1 Å². The van der Waals surface area contributed by atoms with Crippen LogP contribution in [0.3, 0.4) is 0 Å². The number of thiazole rings is 1. The number of pyridine rings is 1. The van der Waals surface area contributed by atoms with Crippen LogP contribution < -0.4 is 46.7 Å². The lowest BCUT2D eigenvalue weighted by molar-refractivity contribution is -0.146. The number of likely N-dealkylation sites (tertiary alicyclic amines) is 1. The number of benzene rings is 1. The predicted molar refractivity (Wildman–Crippen MR) is 388 cm³/mol. The maximum Gasteiger partial charge on any atom is 0.408 e. The lowest BCUT2D eigenvalue weighted by atomic mass is 9.82. The van der Waals surface area contributed by atoms with Crippen molar-refractivity contribution in [2.75, 3.05) is 25.5 Å². The Bertz CT molecular complexity index is 3810. The molecule has 7 fully saturated rings. The van der Waals surface area contributed by atoms with Gasteiger partial charge in [-0.15, -0.1) is 11.3 Å². The highest BCUT2D eigenvalue weighted by Gasteiger charge is 2.62. The molecule has 104 heavy (non-hydrogen) atoms. The number of aliphatic carboxylic acids is 1. The summed E-state index contributed by atoms with van der Waals surface area (Å²) in [4.78, 5) is 157. The molecule has 2 saturated heterocycles. The molecule has 5 aliphatic carbocycles. The molecule has 8 aliphatic rings. The summed E-state index contributed by atoms with van der Waals surface area (Å²) in [6, 6.07) is 1.82. The monoisotopic (exact) mass is 1450 g/mol. The Morgan fingerprint density at radius 3 is 2.27 bits per heavy atom. The smallest absolute Gasteiger partial charge is 0.408 e. The van der Waals surface area contributed by atoms with Gasteiger partial charge in [0.15, 0.2) is 5.13 Å². The average molecular weight is 1450 g/mol. The van der Waals surface area contributed by atoms with Gasteiger partial charge in [-0.3, -0.25) is 43.3 Å². The molecular formula is C76H103N13O14S. The van der Waals surface area contributed by atoms with Crippen molar-refractivity contribution in [3.05, 3.63) is 66.1 Å². The Kier molecular flexibility index (Phi) is 24.9. The quantitative estimate of drug-likeness (QED) is 0.0270. The van der Waals surface area contributed by atoms with Crippen LogP contribution in [0.15, 0.2) is 60.4 Å². The first-order chi connectivity index (χ1) is 49.9. The van der Waals surface area contributed by atoms with Gasteiger partial charge in [0, 0.05) is 66.3 Å². The number of carboxylic acid groups (broad SMARTS) is 1. The van der Waals surface area contributed by atoms with Gasteiger partial charge in [0.2, 0.25) is 35.3 Å². The highest BCUT2D eigenvalue weighted by atomic mass is 32.1. The van der Waals surface area contributed by atoms with E-state index in [1.165, 1.54) is 34.8 Å². The van der Waals surface area contributed by atoms with E-state index >= 15 is 0 Å². The molecule has 0 radical (unpaired) electrons. The van der Waals surface area contributed by atoms with E-state index in [0.29, 0.717) is 66.0 Å². The lowest BCUT2D eigenvalue weighted by Gasteiger charge is -2.38. The second-order valence-corrected chi connectivity index (χ2v) is 31.7. The number of hydrogen-bond acceptors (Lipinski definition) is 19. The molecule has 1 aromatic carbocycles. The Morgan fingerprint density at radius 2 is 1.57 bits per heavy atom. The number of aromatic nitrogens is 4. The van der Waals surface area contributed by atoms with Crippen molar-refractivity contribution in [2.45, 2.75) is 255 Å². The number of carbonyl (C=O) groups excluding carboxylic acids is 9. The molecule has 5 saturated carbocycles. The van der Waals surface area contributed by atoms with Crippen LogP contribution in [0.1, 0.15) is 200 Å². The number of amides is 8. The molecule has 12 rings (SSSR count). The van der Waals surface area contributed by atoms with Crippen molar-refractivity contribution in [1.29, 1.82) is 0 Å². The molecule has 0 spiro atoms. The summed E-state index contributed by atoms with van der Waals surface area (Å²) in [5.74, 6) is -4.57. The van der Waals surface area contributed by atoms with E-state index in [1.807, 2.05) is 83.3 Å². The van der Waals surface area contributed by atoms with Crippen LogP contribution in [0.2, 0.25) is 0 Å². The van der Waals surface area contributed by atoms with E-state index < -0.39 is 107 Å². The SMILES string of the molecule is CCC[C@H](NC(=O)[C@@H]1[C@H]2CCC[C@H]2CN1C(=O)[C@@H](NC(=O)[C@@H](NC(=O)c1cnccn1)C1CCCCC1)C(C)(C)C)C(=O)C(=O)NC1CC1.COc1ccc2c(O[C@@H]3C[C@H]4C(=O)N[C@]5(C(=O)O)C[C@H]5/C=C\CCCCC[C@H](NC(=O)OC5CCCC5)C(=O)N4C3)cc(-c3csc(NC(C)C)n3)nc2c1. The Labute approximate surface area is 611 Å². The van der Waals surface area contributed by atoms with Crippen molar-refractivity contribution in [3.8, 4) is 22.9 Å². The van der Waals surface area contributed by atoms with Gasteiger partial charge >= 0.3 is 12.1 Å². The number of ketones is 1. The number of fused-ring (bicyclic) bond motifs is 4. The molecule has 8 N–H and O–H groups in total. The first-order valence-corrected chi connectivity index (χ1v) is 38.5. The summed E-state index contributed by atoms with van der Waals surface area (Å²) in [6.45, 7) is 12.0. The highest BCUT2D eigenvalue weighted by Crippen LogP contribution is 2.47. The molecule has 8 amide bonds. The number of ether oxygens (including phenoxy) is 3. The van der Waals surface area contributed by atoms with Gasteiger partial charge in [0.25, 0.3) is 11.8 Å². The number of Topliss-reactive ketones (excluding diaryl/α,β-unsaturated/α-hetero) is 1. The number of alkyl carbamates (subject to hydrolysis) is 1. The maximum absolute atomic E-state index is 14.6. The first-order valence-electron chi connectivity index (χ1n) is 37.6. The summed E-state index contributed by atoms with van der Waals surface area (Å²) in [5, 5.41) is 34.1. The number of methoxy groups -OCH3 is 1. The third-order valence-electron chi connectivity index (χ3n) is 21.6. The Balaban J connectivity index is 0.000000210. The average Bonchev–Trinajstić information content (AvgIpc) is 1.58. The van der Waals surface area contributed by atoms with E-state index in [2.05, 4.69) is 47.2 Å². The fraction of sp³-hybridized carbons (Fsp3) is 0.632. The zero-order chi connectivity index (χ0) is 74.0. The molecule has 3 aliphatic heterocycles. The number of nitrogens with zero attached hydrogens (tertiary/aromatic N) is 6. The summed E-state index contributed by atoms with van der Waals surface area (Å²) >= 11 is 1.47. The van der Waals surface area contributed by atoms with Crippen molar-refractivity contribution in [3.63, 3.8) is 0 Å². The van der Waals surface area contributed by atoms with E-state index in [4.69, 9.17) is 24.2 Å². The van der Waals surface area contributed by atoms with Crippen molar-refractivity contribution in [2.24, 2.45) is 29.1 Å². The topological polar surface area (TPSA) is 361 Å². The van der Waals surface area contributed by atoms with Crippen LogP contribution in [0.4, 0.5) is 9.93 Å². The maximum atomic E-state index is 14.6. The van der Waals surface area contributed by atoms with Crippen LogP contribution in [0.5, 0.6) is 11.5 Å². The number of allylic oxidation sites excluding steroid dienone is 1. The number of rotatable bonds is 22. The number of hydrogen-bond donors (Lipinski definition) is 8. The minimum atomic E-state index is -1.45. The van der Waals surface area contributed by atoms with Gasteiger partial charge in [-0.2, -0.15) is 0 Å². The number of anilines is 1. The van der Waals surface area contributed by atoms with Crippen molar-refractivity contribution >= 4 is 86.6 Å². The van der Waals surface area contributed by atoms with Crippen LogP contribution in [0.25, 0.3) is 22.3 Å². The fourth-order valence-electron chi connectivity index (χ4n) is 15.8. The Hall–Kier alpha value is -8.82. The molecule has 27 nitrogen and oxygen atoms in total. The largest absolute Gasteiger partial charge is 0.497 e. The molecular weight excluding hydrogens is 1350 g/mol. The van der Waals surface area contributed by atoms with E-state index in [9.17, 15) is 53.1 Å². The molecule has 562 valence electrons. The van der Waals surface area contributed by atoms with E-state index in [1.54, 1.807) is 12.0 Å². The van der Waals surface area contributed by atoms with Gasteiger partial charge < -0.3 is 66.3 Å². The third kappa shape index (κ3) is 18.6. The second-order valence-electron chi connectivity index (χ2n) is 30.9. The normalized spacial score (nSPS) is 25.5.